The Bertz CT molecular complexity index is 504. The molecule has 15 heavy (non-hydrogen) atoms. The number of aryl methyl sites for hydroxylation is 1. The lowest BCUT2D eigenvalue weighted by molar-refractivity contribution is 0.872. The summed E-state index contributed by atoms with van der Waals surface area (Å²) < 4.78 is 1.58. The van der Waals surface area contributed by atoms with Crippen LogP contribution in [0.2, 0.25) is 5.02 Å². The van der Waals surface area contributed by atoms with Gasteiger partial charge in [0.25, 0.3) is 0 Å². The molecule has 0 aliphatic carbocycles. The van der Waals surface area contributed by atoms with Crippen molar-refractivity contribution in [3.8, 4) is 5.69 Å². The summed E-state index contributed by atoms with van der Waals surface area (Å²) in [5.74, 6) is 0.440. The average Bonchev–Trinajstić information content (AvgIpc) is 2.46. The lowest BCUT2D eigenvalue weighted by atomic mass is 10.3. The van der Waals surface area contributed by atoms with Crippen molar-refractivity contribution in [2.45, 2.75) is 6.92 Å². The van der Waals surface area contributed by atoms with Gasteiger partial charge in [-0.15, -0.1) is 0 Å². The van der Waals surface area contributed by atoms with Crippen molar-refractivity contribution in [2.24, 2.45) is 0 Å². The molecule has 2 aromatic rings. The van der Waals surface area contributed by atoms with Crippen LogP contribution < -0.4 is 11.5 Å². The van der Waals surface area contributed by atoms with Gasteiger partial charge in [0.2, 0.25) is 0 Å². The van der Waals surface area contributed by atoms with Gasteiger partial charge in [0, 0.05) is 5.02 Å². The Morgan fingerprint density at radius 1 is 1.33 bits per heavy atom. The monoisotopic (exact) mass is 222 g/mol. The Hall–Kier alpha value is -1.68. The molecule has 4 N–H and O–H groups in total. The number of halogens is 1. The van der Waals surface area contributed by atoms with Gasteiger partial charge in [0.1, 0.15) is 0 Å². The number of rotatable bonds is 1. The lowest BCUT2D eigenvalue weighted by Gasteiger charge is -2.03. The first kappa shape index (κ1) is 9.86. The fourth-order valence-electron chi connectivity index (χ4n) is 1.36. The van der Waals surface area contributed by atoms with Gasteiger partial charge in [-0.05, 0) is 25.1 Å². The standard InChI is InChI=1S/C10H11ClN4/c1-6-9(12)10(13)15(14-6)8-4-2-3-7(11)5-8/h2-5H,12-13H2,1H3. The fraction of sp³-hybridized carbons (Fsp3) is 0.100. The highest BCUT2D eigenvalue weighted by molar-refractivity contribution is 6.30. The number of hydrogen-bond donors (Lipinski definition) is 2. The summed E-state index contributed by atoms with van der Waals surface area (Å²) in [7, 11) is 0. The van der Waals surface area contributed by atoms with Crippen LogP contribution in [0.15, 0.2) is 24.3 Å². The minimum Gasteiger partial charge on any atom is -0.394 e. The Morgan fingerprint density at radius 3 is 2.60 bits per heavy atom. The van der Waals surface area contributed by atoms with Gasteiger partial charge in [-0.3, -0.25) is 0 Å². The maximum atomic E-state index is 5.88. The van der Waals surface area contributed by atoms with E-state index in [1.165, 1.54) is 0 Å². The second-order valence-corrected chi connectivity index (χ2v) is 3.71. The van der Waals surface area contributed by atoms with Gasteiger partial charge in [-0.2, -0.15) is 5.10 Å². The summed E-state index contributed by atoms with van der Waals surface area (Å²) in [5, 5.41) is 4.87. The van der Waals surface area contributed by atoms with E-state index in [1.807, 2.05) is 19.1 Å². The van der Waals surface area contributed by atoms with E-state index >= 15 is 0 Å². The molecule has 0 aliphatic heterocycles. The van der Waals surface area contributed by atoms with Crippen molar-refractivity contribution >= 4 is 23.1 Å². The SMILES string of the molecule is Cc1nn(-c2cccc(Cl)c2)c(N)c1N. The van der Waals surface area contributed by atoms with Gasteiger partial charge in [0.05, 0.1) is 17.1 Å². The molecule has 1 heterocycles. The number of benzene rings is 1. The molecule has 0 fully saturated rings. The third kappa shape index (κ3) is 1.64. The van der Waals surface area contributed by atoms with Gasteiger partial charge in [0.15, 0.2) is 5.82 Å². The normalized spacial score (nSPS) is 10.5. The number of nitrogens with two attached hydrogens (primary N) is 2. The first-order valence-corrected chi connectivity index (χ1v) is 4.84. The molecule has 5 heteroatoms. The van der Waals surface area contributed by atoms with Gasteiger partial charge >= 0.3 is 0 Å². The summed E-state index contributed by atoms with van der Waals surface area (Å²) in [6.07, 6.45) is 0. The van der Waals surface area contributed by atoms with E-state index in [4.69, 9.17) is 23.1 Å². The van der Waals surface area contributed by atoms with Crippen LogP contribution in [0, 0.1) is 6.92 Å². The van der Waals surface area contributed by atoms with E-state index in [9.17, 15) is 0 Å². The topological polar surface area (TPSA) is 69.9 Å². The Morgan fingerprint density at radius 2 is 2.07 bits per heavy atom. The average molecular weight is 223 g/mol. The van der Waals surface area contributed by atoms with E-state index < -0.39 is 0 Å². The quantitative estimate of drug-likeness (QED) is 0.775. The van der Waals surface area contributed by atoms with Gasteiger partial charge in [-0.25, -0.2) is 4.68 Å². The number of aromatic nitrogens is 2. The molecular formula is C10H11ClN4. The Kier molecular flexibility index (Phi) is 2.28. The Labute approximate surface area is 92.4 Å². The van der Waals surface area contributed by atoms with Crippen LogP contribution in [0.3, 0.4) is 0 Å². The van der Waals surface area contributed by atoms with E-state index in [1.54, 1.807) is 16.8 Å². The van der Waals surface area contributed by atoms with Crippen LogP contribution in [-0.4, -0.2) is 9.78 Å². The highest BCUT2D eigenvalue weighted by Gasteiger charge is 2.10. The summed E-state index contributed by atoms with van der Waals surface area (Å²) in [4.78, 5) is 0. The van der Waals surface area contributed by atoms with E-state index in [-0.39, 0.29) is 0 Å². The summed E-state index contributed by atoms with van der Waals surface area (Å²) in [5.41, 5.74) is 13.6. The molecule has 4 nitrogen and oxygen atoms in total. The molecule has 1 aromatic carbocycles. The first-order valence-electron chi connectivity index (χ1n) is 4.46. The van der Waals surface area contributed by atoms with Gasteiger partial charge in [-0.1, -0.05) is 17.7 Å². The largest absolute Gasteiger partial charge is 0.394 e. The fourth-order valence-corrected chi connectivity index (χ4v) is 1.55. The minimum absolute atomic E-state index is 0.440. The Balaban J connectivity index is 2.59. The number of nitrogen functional groups attached to an aromatic ring is 2. The summed E-state index contributed by atoms with van der Waals surface area (Å²) in [6.45, 7) is 1.81. The highest BCUT2D eigenvalue weighted by Crippen LogP contribution is 2.23. The molecule has 0 radical (unpaired) electrons. The van der Waals surface area contributed by atoms with Crippen molar-refractivity contribution in [1.29, 1.82) is 0 Å². The van der Waals surface area contributed by atoms with Crippen LogP contribution in [0.5, 0.6) is 0 Å². The van der Waals surface area contributed by atoms with E-state index in [2.05, 4.69) is 5.10 Å². The summed E-state index contributed by atoms with van der Waals surface area (Å²) >= 11 is 5.88. The molecule has 0 amide bonds. The maximum Gasteiger partial charge on any atom is 0.150 e. The molecule has 0 bridgehead atoms. The van der Waals surface area contributed by atoms with Crippen molar-refractivity contribution in [3.05, 3.63) is 35.0 Å². The molecule has 0 saturated heterocycles. The van der Waals surface area contributed by atoms with Crippen LogP contribution in [0.4, 0.5) is 11.5 Å². The molecule has 1 aromatic heterocycles. The number of hydrogen-bond acceptors (Lipinski definition) is 3. The van der Waals surface area contributed by atoms with E-state index in [0.717, 1.165) is 5.69 Å². The molecular weight excluding hydrogens is 212 g/mol. The minimum atomic E-state index is 0.440. The lowest BCUT2D eigenvalue weighted by Crippen LogP contribution is -2.02. The second kappa shape index (κ2) is 3.47. The zero-order valence-electron chi connectivity index (χ0n) is 8.24. The maximum absolute atomic E-state index is 5.88. The molecule has 0 atom stereocenters. The molecule has 0 aliphatic rings. The number of anilines is 2. The van der Waals surface area contributed by atoms with Crippen LogP contribution in [0.1, 0.15) is 5.69 Å². The second-order valence-electron chi connectivity index (χ2n) is 3.28. The van der Waals surface area contributed by atoms with Crippen LogP contribution >= 0.6 is 11.6 Å². The van der Waals surface area contributed by atoms with Crippen molar-refractivity contribution in [3.63, 3.8) is 0 Å². The zero-order valence-corrected chi connectivity index (χ0v) is 8.99. The molecule has 78 valence electrons. The van der Waals surface area contributed by atoms with Crippen LogP contribution in [-0.2, 0) is 0 Å². The molecule has 2 rings (SSSR count). The van der Waals surface area contributed by atoms with E-state index in [0.29, 0.717) is 22.2 Å². The van der Waals surface area contributed by atoms with Crippen LogP contribution in [0.25, 0.3) is 5.69 Å². The smallest absolute Gasteiger partial charge is 0.150 e. The third-order valence-electron chi connectivity index (χ3n) is 2.20. The summed E-state index contributed by atoms with van der Waals surface area (Å²) in [6, 6.07) is 7.28. The predicted octanol–water partition coefficient (Wildman–Crippen LogP) is 2.00. The van der Waals surface area contributed by atoms with Crippen molar-refractivity contribution < 1.29 is 0 Å². The molecule has 0 spiro atoms. The third-order valence-corrected chi connectivity index (χ3v) is 2.43. The van der Waals surface area contributed by atoms with Crippen molar-refractivity contribution in [2.75, 3.05) is 11.5 Å². The first-order chi connectivity index (χ1) is 7.09. The molecule has 0 unspecified atom stereocenters. The number of nitrogens with zero attached hydrogens (tertiary/aromatic N) is 2. The predicted molar refractivity (Wildman–Crippen MR) is 62.1 cm³/mol. The highest BCUT2D eigenvalue weighted by atomic mass is 35.5. The zero-order chi connectivity index (χ0) is 11.0. The van der Waals surface area contributed by atoms with Crippen molar-refractivity contribution in [1.82, 2.24) is 9.78 Å². The molecule has 0 saturated carbocycles. The van der Waals surface area contributed by atoms with Gasteiger partial charge < -0.3 is 11.5 Å².